The van der Waals surface area contributed by atoms with Crippen molar-refractivity contribution in [3.05, 3.63) is 58.0 Å². The van der Waals surface area contributed by atoms with Gasteiger partial charge in [-0.1, -0.05) is 0 Å². The van der Waals surface area contributed by atoms with E-state index < -0.39 is 0 Å². The van der Waals surface area contributed by atoms with E-state index in [1.165, 1.54) is 31.3 Å². The van der Waals surface area contributed by atoms with Gasteiger partial charge in [0.1, 0.15) is 5.76 Å². The third kappa shape index (κ3) is 2.95. The van der Waals surface area contributed by atoms with Gasteiger partial charge in [-0.25, -0.2) is 0 Å². The van der Waals surface area contributed by atoms with Gasteiger partial charge in [-0.2, -0.15) is 0 Å². The van der Waals surface area contributed by atoms with Gasteiger partial charge in [-0.05, 0) is 52.3 Å². The molecule has 1 aromatic carbocycles. The molecule has 1 aromatic heterocycles. The van der Waals surface area contributed by atoms with Gasteiger partial charge in [0.25, 0.3) is 11.8 Å². The Morgan fingerprint density at radius 2 is 1.91 bits per heavy atom. The van der Waals surface area contributed by atoms with Crippen molar-refractivity contribution in [1.82, 2.24) is 4.90 Å². The Labute approximate surface area is 139 Å². The molecule has 0 radical (unpaired) electrons. The number of hydrogen-bond acceptors (Lipinski definition) is 4. The largest absolute Gasteiger partial charge is 0.450 e. The number of anilines is 1. The minimum Gasteiger partial charge on any atom is -0.450 e. The van der Waals surface area contributed by atoms with Gasteiger partial charge < -0.3 is 9.73 Å². The summed E-state index contributed by atoms with van der Waals surface area (Å²) in [6.07, 6.45) is 2.84. The Morgan fingerprint density at radius 3 is 2.61 bits per heavy atom. The zero-order valence-electron chi connectivity index (χ0n) is 12.0. The molecular formula is C16H11BrN2O4. The number of furan rings is 1. The monoisotopic (exact) mass is 374 g/mol. The molecule has 116 valence electrons. The van der Waals surface area contributed by atoms with Gasteiger partial charge >= 0.3 is 0 Å². The Hall–Kier alpha value is -2.67. The van der Waals surface area contributed by atoms with E-state index in [0.29, 0.717) is 21.7 Å². The van der Waals surface area contributed by atoms with E-state index in [1.807, 2.05) is 0 Å². The summed E-state index contributed by atoms with van der Waals surface area (Å²) >= 11 is 3.17. The highest BCUT2D eigenvalue weighted by Crippen LogP contribution is 2.24. The zero-order chi connectivity index (χ0) is 16.6. The molecule has 0 spiro atoms. The van der Waals surface area contributed by atoms with Crippen molar-refractivity contribution >= 4 is 45.4 Å². The highest BCUT2D eigenvalue weighted by atomic mass is 79.9. The van der Waals surface area contributed by atoms with E-state index in [2.05, 4.69) is 21.2 Å². The topological polar surface area (TPSA) is 79.6 Å². The fraction of sp³-hybridized carbons (Fsp3) is 0.0625. The predicted octanol–water partition coefficient (Wildman–Crippen LogP) is 2.92. The standard InChI is InChI=1S/C16H11BrN2O4/c1-19-15(21)11-5-2-9(8-12(11)16(19)22)18-14(20)7-4-10-3-6-13(17)23-10/h2-8H,1H3,(H,18,20). The molecule has 1 N–H and O–H groups in total. The maximum absolute atomic E-state index is 11.9. The quantitative estimate of drug-likeness (QED) is 0.661. The van der Waals surface area contributed by atoms with Crippen LogP contribution in [0.5, 0.6) is 0 Å². The molecule has 3 rings (SSSR count). The number of amides is 3. The van der Waals surface area contributed by atoms with Crippen molar-refractivity contribution in [2.75, 3.05) is 12.4 Å². The molecule has 0 aliphatic carbocycles. The molecular weight excluding hydrogens is 364 g/mol. The van der Waals surface area contributed by atoms with Crippen molar-refractivity contribution in [2.24, 2.45) is 0 Å². The number of nitrogens with one attached hydrogen (secondary N) is 1. The van der Waals surface area contributed by atoms with Crippen molar-refractivity contribution in [3.63, 3.8) is 0 Å². The van der Waals surface area contributed by atoms with E-state index in [1.54, 1.807) is 18.2 Å². The molecule has 0 fully saturated rings. The first-order chi connectivity index (χ1) is 11.0. The van der Waals surface area contributed by atoms with Crippen molar-refractivity contribution in [1.29, 1.82) is 0 Å². The summed E-state index contributed by atoms with van der Waals surface area (Å²) in [5.41, 5.74) is 1.07. The van der Waals surface area contributed by atoms with Crippen molar-refractivity contribution in [3.8, 4) is 0 Å². The number of nitrogens with zero attached hydrogens (tertiary/aromatic N) is 1. The Morgan fingerprint density at radius 1 is 1.17 bits per heavy atom. The number of rotatable bonds is 3. The van der Waals surface area contributed by atoms with Crippen LogP contribution in [0, 0.1) is 0 Å². The molecule has 0 saturated heterocycles. The van der Waals surface area contributed by atoms with E-state index in [9.17, 15) is 14.4 Å². The molecule has 1 aliphatic rings. The summed E-state index contributed by atoms with van der Waals surface area (Å²) in [7, 11) is 1.42. The maximum atomic E-state index is 11.9. The normalized spacial score (nSPS) is 13.7. The molecule has 0 saturated carbocycles. The van der Waals surface area contributed by atoms with E-state index in [-0.39, 0.29) is 23.3 Å². The number of carbonyl (C=O) groups is 3. The van der Waals surface area contributed by atoms with Crippen LogP contribution in [0.4, 0.5) is 5.69 Å². The number of benzene rings is 1. The average molecular weight is 375 g/mol. The molecule has 1 aliphatic heterocycles. The molecule has 0 atom stereocenters. The molecule has 2 aromatic rings. The Bertz CT molecular complexity index is 854. The third-order valence-corrected chi connectivity index (χ3v) is 3.78. The summed E-state index contributed by atoms with van der Waals surface area (Å²) in [5, 5.41) is 2.64. The number of carbonyl (C=O) groups excluding carboxylic acids is 3. The molecule has 3 amide bonds. The first-order valence-corrected chi connectivity index (χ1v) is 7.46. The minimum atomic E-state index is -0.378. The van der Waals surface area contributed by atoms with Crippen LogP contribution in [-0.2, 0) is 4.79 Å². The van der Waals surface area contributed by atoms with Crippen LogP contribution in [0.3, 0.4) is 0 Å². The summed E-state index contributed by atoms with van der Waals surface area (Å²) in [4.78, 5) is 36.6. The van der Waals surface area contributed by atoms with Crippen LogP contribution in [0.15, 0.2) is 45.5 Å². The van der Waals surface area contributed by atoms with Gasteiger partial charge in [0.2, 0.25) is 5.91 Å². The lowest BCUT2D eigenvalue weighted by atomic mass is 10.1. The smallest absolute Gasteiger partial charge is 0.261 e. The lowest BCUT2D eigenvalue weighted by Crippen LogP contribution is -2.24. The minimum absolute atomic E-state index is 0.286. The fourth-order valence-electron chi connectivity index (χ4n) is 2.20. The van der Waals surface area contributed by atoms with Gasteiger partial charge in [0, 0.05) is 18.8 Å². The van der Waals surface area contributed by atoms with Crippen LogP contribution in [0.25, 0.3) is 6.08 Å². The van der Waals surface area contributed by atoms with E-state index in [4.69, 9.17) is 4.42 Å². The van der Waals surface area contributed by atoms with Gasteiger partial charge in [-0.15, -0.1) is 0 Å². The highest BCUT2D eigenvalue weighted by Gasteiger charge is 2.32. The number of hydrogen-bond donors (Lipinski definition) is 1. The molecule has 0 unspecified atom stereocenters. The van der Waals surface area contributed by atoms with Gasteiger partial charge in [0.15, 0.2) is 4.67 Å². The summed E-state index contributed by atoms with van der Waals surface area (Å²) in [6.45, 7) is 0. The first kappa shape index (κ1) is 15.2. The highest BCUT2D eigenvalue weighted by molar-refractivity contribution is 9.10. The summed E-state index contributed by atoms with van der Waals surface area (Å²) < 4.78 is 5.82. The van der Waals surface area contributed by atoms with Crippen molar-refractivity contribution in [2.45, 2.75) is 0 Å². The molecule has 2 heterocycles. The molecule has 6 nitrogen and oxygen atoms in total. The SMILES string of the molecule is CN1C(=O)c2ccc(NC(=O)C=Cc3ccc(Br)o3)cc2C1=O. The van der Waals surface area contributed by atoms with Crippen molar-refractivity contribution < 1.29 is 18.8 Å². The number of halogens is 1. The molecule has 23 heavy (non-hydrogen) atoms. The Kier molecular flexibility index (Phi) is 3.87. The Balaban J connectivity index is 1.74. The molecule has 7 heteroatoms. The van der Waals surface area contributed by atoms with Crippen LogP contribution >= 0.6 is 15.9 Å². The predicted molar refractivity (Wildman–Crippen MR) is 86.9 cm³/mol. The first-order valence-electron chi connectivity index (χ1n) is 6.66. The van der Waals surface area contributed by atoms with Gasteiger partial charge in [0.05, 0.1) is 11.1 Å². The summed E-state index contributed by atoms with van der Waals surface area (Å²) in [6, 6.07) is 8.04. The number of imide groups is 1. The molecule has 0 bridgehead atoms. The maximum Gasteiger partial charge on any atom is 0.261 e. The lowest BCUT2D eigenvalue weighted by Gasteiger charge is -2.03. The van der Waals surface area contributed by atoms with Crippen LogP contribution in [0.1, 0.15) is 26.5 Å². The van der Waals surface area contributed by atoms with E-state index in [0.717, 1.165) is 4.90 Å². The third-order valence-electron chi connectivity index (χ3n) is 3.35. The van der Waals surface area contributed by atoms with Crippen LogP contribution in [0.2, 0.25) is 0 Å². The second-order valence-electron chi connectivity index (χ2n) is 4.89. The fourth-order valence-corrected chi connectivity index (χ4v) is 2.52. The van der Waals surface area contributed by atoms with Gasteiger partial charge in [-0.3, -0.25) is 19.3 Å². The second-order valence-corrected chi connectivity index (χ2v) is 5.68. The lowest BCUT2D eigenvalue weighted by molar-refractivity contribution is -0.111. The van der Waals surface area contributed by atoms with Crippen LogP contribution in [-0.4, -0.2) is 29.7 Å². The summed E-state index contributed by atoms with van der Waals surface area (Å²) in [5.74, 6) is -0.561. The van der Waals surface area contributed by atoms with Crippen LogP contribution < -0.4 is 5.32 Å². The van der Waals surface area contributed by atoms with E-state index >= 15 is 0 Å². The number of fused-ring (bicyclic) bond motifs is 1. The zero-order valence-corrected chi connectivity index (χ0v) is 13.6. The average Bonchev–Trinajstić information content (AvgIpc) is 3.04. The second kappa shape index (κ2) is 5.85.